The van der Waals surface area contributed by atoms with Crippen molar-refractivity contribution >= 4 is 17.6 Å². The summed E-state index contributed by atoms with van der Waals surface area (Å²) in [4.78, 5) is 11.7. The third kappa shape index (κ3) is 3.93. The van der Waals surface area contributed by atoms with E-state index in [4.69, 9.17) is 31.1 Å². The van der Waals surface area contributed by atoms with Gasteiger partial charge in [-0.25, -0.2) is 9.48 Å². The average molecular weight is 392 g/mol. The van der Waals surface area contributed by atoms with E-state index in [9.17, 15) is 9.90 Å². The van der Waals surface area contributed by atoms with Crippen molar-refractivity contribution in [2.75, 3.05) is 13.4 Å². The molecule has 0 spiro atoms. The zero-order valence-corrected chi connectivity index (χ0v) is 15.5. The molecule has 2 aromatic rings. The number of carboxylic acid groups (broad SMARTS) is 1. The fraction of sp³-hybridized carbons (Fsp3) is 0.389. The summed E-state index contributed by atoms with van der Waals surface area (Å²) in [6.45, 7) is 2.71. The van der Waals surface area contributed by atoms with Crippen molar-refractivity contribution < 1.29 is 24.1 Å². The highest BCUT2D eigenvalue weighted by Gasteiger charge is 2.26. The van der Waals surface area contributed by atoms with Crippen molar-refractivity contribution in [2.45, 2.75) is 32.7 Å². The van der Waals surface area contributed by atoms with Gasteiger partial charge < -0.3 is 19.3 Å². The number of nitriles is 1. The summed E-state index contributed by atoms with van der Waals surface area (Å²) in [6, 6.07) is 5.40. The van der Waals surface area contributed by atoms with E-state index in [2.05, 4.69) is 5.10 Å². The number of aromatic nitrogens is 2. The predicted molar refractivity (Wildman–Crippen MR) is 95.6 cm³/mol. The lowest BCUT2D eigenvalue weighted by Gasteiger charge is -2.11. The molecule has 8 nitrogen and oxygen atoms in total. The maximum Gasteiger partial charge on any atom is 0.356 e. The van der Waals surface area contributed by atoms with Gasteiger partial charge in [0.1, 0.15) is 0 Å². The summed E-state index contributed by atoms with van der Waals surface area (Å²) >= 11 is 6.34. The minimum Gasteiger partial charge on any atom is -0.478 e. The molecule has 1 aliphatic heterocycles. The normalized spacial score (nSPS) is 12.0. The maximum atomic E-state index is 11.7. The molecule has 0 radical (unpaired) electrons. The van der Waals surface area contributed by atoms with Crippen molar-refractivity contribution in [1.82, 2.24) is 9.78 Å². The molecule has 1 N–H and O–H groups in total. The second-order valence-electron chi connectivity index (χ2n) is 5.89. The monoisotopic (exact) mass is 391 g/mol. The minimum atomic E-state index is -1.17. The highest BCUT2D eigenvalue weighted by Crippen LogP contribution is 2.38. The first-order valence-electron chi connectivity index (χ1n) is 8.45. The fourth-order valence-electron chi connectivity index (χ4n) is 2.77. The molecule has 27 heavy (non-hydrogen) atoms. The summed E-state index contributed by atoms with van der Waals surface area (Å²) in [5.41, 5.74) is 0.965. The Morgan fingerprint density at radius 3 is 2.85 bits per heavy atom. The van der Waals surface area contributed by atoms with E-state index < -0.39 is 5.97 Å². The van der Waals surface area contributed by atoms with Crippen LogP contribution in [0.2, 0.25) is 5.02 Å². The molecule has 3 rings (SSSR count). The van der Waals surface area contributed by atoms with Gasteiger partial charge in [0.2, 0.25) is 12.7 Å². The first-order chi connectivity index (χ1) is 13.0. The first kappa shape index (κ1) is 18.9. The van der Waals surface area contributed by atoms with Gasteiger partial charge in [0.15, 0.2) is 17.2 Å². The molecule has 2 heterocycles. The predicted octanol–water partition coefficient (Wildman–Crippen LogP) is 3.26. The molecular formula is C18H18ClN3O5. The fourth-order valence-corrected chi connectivity index (χ4v) is 2.99. The molecule has 1 aliphatic rings. The summed E-state index contributed by atoms with van der Waals surface area (Å²) < 4.78 is 17.9. The largest absolute Gasteiger partial charge is 0.478 e. The Morgan fingerprint density at radius 1 is 1.44 bits per heavy atom. The highest BCUT2D eigenvalue weighted by atomic mass is 35.5. The van der Waals surface area contributed by atoms with Crippen LogP contribution in [-0.4, -0.2) is 34.3 Å². The van der Waals surface area contributed by atoms with Crippen molar-refractivity contribution in [1.29, 1.82) is 5.26 Å². The van der Waals surface area contributed by atoms with Gasteiger partial charge in [-0.1, -0.05) is 18.5 Å². The Morgan fingerprint density at radius 2 is 2.19 bits per heavy atom. The quantitative estimate of drug-likeness (QED) is 0.735. The van der Waals surface area contributed by atoms with Crippen molar-refractivity contribution in [2.24, 2.45) is 0 Å². The lowest BCUT2D eigenvalue weighted by atomic mass is 10.0. The number of halogens is 1. The molecule has 142 valence electrons. The number of hydrogen-bond donors (Lipinski definition) is 1. The Kier molecular flexibility index (Phi) is 5.72. The first-order valence-corrected chi connectivity index (χ1v) is 8.83. The molecule has 0 atom stereocenters. The number of aromatic carboxylic acids is 1. The number of ether oxygens (including phenoxy) is 3. The Labute approximate surface area is 160 Å². The van der Waals surface area contributed by atoms with Crippen LogP contribution in [0.4, 0.5) is 0 Å². The van der Waals surface area contributed by atoms with Gasteiger partial charge in [0, 0.05) is 17.5 Å². The lowest BCUT2D eigenvalue weighted by molar-refractivity contribution is 0.0688. The molecule has 0 saturated heterocycles. The number of carboxylic acids is 1. The van der Waals surface area contributed by atoms with E-state index in [1.54, 1.807) is 12.1 Å². The van der Waals surface area contributed by atoms with Gasteiger partial charge in [-0.15, -0.1) is 0 Å². The van der Waals surface area contributed by atoms with Crippen LogP contribution in [0.1, 0.15) is 41.4 Å². The molecule has 1 aromatic carbocycles. The smallest absolute Gasteiger partial charge is 0.356 e. The lowest BCUT2D eigenvalue weighted by Crippen LogP contribution is -2.07. The van der Waals surface area contributed by atoms with Crippen molar-refractivity contribution in [3.05, 3.63) is 34.0 Å². The number of nitrogens with zero attached hydrogens (tertiary/aromatic N) is 3. The average Bonchev–Trinajstić information content (AvgIpc) is 3.22. The third-order valence-corrected chi connectivity index (χ3v) is 4.34. The second-order valence-corrected chi connectivity index (χ2v) is 6.30. The highest BCUT2D eigenvalue weighted by molar-refractivity contribution is 6.31. The van der Waals surface area contributed by atoms with E-state index in [-0.39, 0.29) is 31.9 Å². The topological polar surface area (TPSA) is 107 Å². The zero-order chi connectivity index (χ0) is 19.4. The van der Waals surface area contributed by atoms with Gasteiger partial charge in [0.25, 0.3) is 0 Å². The van der Waals surface area contributed by atoms with E-state index in [0.29, 0.717) is 40.1 Å². The molecular weight excluding hydrogens is 374 g/mol. The molecule has 0 amide bonds. The summed E-state index contributed by atoms with van der Waals surface area (Å²) in [5, 5.41) is 23.0. The molecule has 0 fully saturated rings. The Balaban J connectivity index is 2.03. The van der Waals surface area contributed by atoms with E-state index >= 15 is 0 Å². The van der Waals surface area contributed by atoms with Gasteiger partial charge in [-0.2, -0.15) is 10.4 Å². The van der Waals surface area contributed by atoms with Crippen molar-refractivity contribution in [3.8, 4) is 23.4 Å². The SMILES string of the molecule is CCCOc1c(Cc2cc3c(cc2Cl)OCO3)c(C(=O)O)nn1CCC#N. The number of fused-ring (bicyclic) bond motifs is 1. The maximum absolute atomic E-state index is 11.7. The van der Waals surface area contributed by atoms with Crippen LogP contribution in [0, 0.1) is 11.3 Å². The van der Waals surface area contributed by atoms with Crippen LogP contribution in [0.3, 0.4) is 0 Å². The second kappa shape index (κ2) is 8.18. The molecule has 0 unspecified atom stereocenters. The molecule has 0 bridgehead atoms. The van der Waals surface area contributed by atoms with Gasteiger partial charge >= 0.3 is 5.97 Å². The van der Waals surface area contributed by atoms with E-state index in [0.717, 1.165) is 6.42 Å². The number of hydrogen-bond acceptors (Lipinski definition) is 6. The zero-order valence-electron chi connectivity index (χ0n) is 14.7. The number of benzene rings is 1. The number of carbonyl (C=O) groups is 1. The van der Waals surface area contributed by atoms with Crippen LogP contribution in [0.5, 0.6) is 17.4 Å². The number of rotatable bonds is 8. The van der Waals surface area contributed by atoms with E-state index in [1.165, 1.54) is 4.68 Å². The van der Waals surface area contributed by atoms with Crippen molar-refractivity contribution in [3.63, 3.8) is 0 Å². The van der Waals surface area contributed by atoms with Gasteiger partial charge in [-0.3, -0.25) is 0 Å². The standard InChI is InChI=1S/C18H18ClN3O5/c1-2-6-25-17-12(16(18(23)24)21-22(17)5-3-4-20)7-11-8-14-15(9-13(11)19)27-10-26-14/h8-9H,2-3,5-7,10H2,1H3,(H,23,24). The van der Waals surface area contributed by atoms with Gasteiger partial charge in [0.05, 0.1) is 31.2 Å². The van der Waals surface area contributed by atoms with Crippen LogP contribution < -0.4 is 14.2 Å². The third-order valence-electron chi connectivity index (χ3n) is 3.99. The molecule has 0 aliphatic carbocycles. The van der Waals surface area contributed by atoms with Gasteiger partial charge in [-0.05, 0) is 18.1 Å². The Bertz CT molecular complexity index is 903. The van der Waals surface area contributed by atoms with Crippen LogP contribution in [0.25, 0.3) is 0 Å². The number of aryl methyl sites for hydroxylation is 1. The van der Waals surface area contributed by atoms with Crippen LogP contribution in [0.15, 0.2) is 12.1 Å². The molecule has 9 heteroatoms. The van der Waals surface area contributed by atoms with Crippen LogP contribution >= 0.6 is 11.6 Å². The van der Waals surface area contributed by atoms with E-state index in [1.807, 2.05) is 13.0 Å². The summed E-state index contributed by atoms with van der Waals surface area (Å²) in [7, 11) is 0. The minimum absolute atomic E-state index is 0.118. The molecule has 0 saturated carbocycles. The summed E-state index contributed by atoms with van der Waals surface area (Å²) in [6.07, 6.45) is 1.13. The Hall–Kier alpha value is -2.92. The summed E-state index contributed by atoms with van der Waals surface area (Å²) in [5.74, 6) is 0.283. The molecule has 1 aromatic heterocycles. The van der Waals surface area contributed by atoms with Crippen LogP contribution in [-0.2, 0) is 13.0 Å².